The summed E-state index contributed by atoms with van der Waals surface area (Å²) in [6.07, 6.45) is 0.929. The topological polar surface area (TPSA) is 109 Å². The molecule has 156 valence electrons. The van der Waals surface area contributed by atoms with E-state index >= 15 is 0 Å². The van der Waals surface area contributed by atoms with Gasteiger partial charge in [-0.05, 0) is 38.0 Å². The van der Waals surface area contributed by atoms with Crippen molar-refractivity contribution in [2.75, 3.05) is 6.54 Å². The molecule has 2 amide bonds. The molecule has 2 N–H and O–H groups in total. The monoisotopic (exact) mass is 427 g/mol. The van der Waals surface area contributed by atoms with E-state index in [0.29, 0.717) is 24.0 Å². The number of sulfonamides is 1. The Morgan fingerprint density at radius 2 is 1.73 bits per heavy atom. The maximum atomic E-state index is 12.9. The van der Waals surface area contributed by atoms with Gasteiger partial charge in [0.15, 0.2) is 5.76 Å². The molecule has 9 heteroatoms. The number of carbonyl (C=O) groups excluding carboxylic acids is 2. The zero-order chi connectivity index (χ0) is 21.3. The summed E-state index contributed by atoms with van der Waals surface area (Å²) < 4.78 is 32.6. The molecule has 0 bridgehead atoms. The molecule has 1 aliphatic rings. The maximum absolute atomic E-state index is 12.9. The lowest BCUT2D eigenvalue weighted by Gasteiger charge is -2.23. The van der Waals surface area contributed by atoms with Crippen LogP contribution >= 0.6 is 0 Å². The standard InChI is InChI=1S/C21H21N3O5S/c1-14-16-10-5-6-12-18(16)29-19(14)21(26)23-22-20(25)17-11-7-13-24(17)30(27,28)15-8-3-2-4-9-15/h2-6,8-10,12,17H,7,11,13H2,1H3,(H,22,25)(H,23,26)/t17-/m1/s1. The van der Waals surface area contributed by atoms with Crippen molar-refractivity contribution >= 4 is 32.8 Å². The van der Waals surface area contributed by atoms with Gasteiger partial charge >= 0.3 is 5.91 Å². The fourth-order valence-electron chi connectivity index (χ4n) is 3.67. The van der Waals surface area contributed by atoms with E-state index in [9.17, 15) is 18.0 Å². The van der Waals surface area contributed by atoms with Gasteiger partial charge < -0.3 is 4.42 Å². The maximum Gasteiger partial charge on any atom is 0.305 e. The minimum Gasteiger partial charge on any atom is -0.451 e. The van der Waals surface area contributed by atoms with Gasteiger partial charge in [-0.15, -0.1) is 0 Å². The van der Waals surface area contributed by atoms with Crippen molar-refractivity contribution in [1.82, 2.24) is 15.2 Å². The summed E-state index contributed by atoms with van der Waals surface area (Å²) in [5.74, 6) is -1.10. The average Bonchev–Trinajstić information content (AvgIpc) is 3.38. The number of amides is 2. The molecule has 1 aliphatic heterocycles. The first kappa shape index (κ1) is 20.1. The molecule has 1 aromatic heterocycles. The number of nitrogens with zero attached hydrogens (tertiary/aromatic N) is 1. The molecule has 0 spiro atoms. The highest BCUT2D eigenvalue weighted by molar-refractivity contribution is 7.89. The van der Waals surface area contributed by atoms with Crippen LogP contribution in [0.4, 0.5) is 0 Å². The summed E-state index contributed by atoms with van der Waals surface area (Å²) in [4.78, 5) is 25.3. The van der Waals surface area contributed by atoms with E-state index in [1.165, 1.54) is 16.4 Å². The van der Waals surface area contributed by atoms with Crippen LogP contribution in [-0.2, 0) is 14.8 Å². The van der Waals surface area contributed by atoms with Crippen molar-refractivity contribution in [3.8, 4) is 0 Å². The van der Waals surface area contributed by atoms with Gasteiger partial charge in [-0.3, -0.25) is 20.4 Å². The number of furan rings is 1. The highest BCUT2D eigenvalue weighted by Gasteiger charge is 2.39. The Balaban J connectivity index is 1.47. The third-order valence-electron chi connectivity index (χ3n) is 5.21. The minimum atomic E-state index is -3.81. The third-order valence-corrected chi connectivity index (χ3v) is 7.13. The second kappa shape index (κ2) is 7.92. The summed E-state index contributed by atoms with van der Waals surface area (Å²) in [6, 6.07) is 14.3. The van der Waals surface area contributed by atoms with Gasteiger partial charge in [0.2, 0.25) is 10.0 Å². The lowest BCUT2D eigenvalue weighted by Crippen LogP contribution is -2.51. The van der Waals surface area contributed by atoms with Gasteiger partial charge in [-0.1, -0.05) is 36.4 Å². The van der Waals surface area contributed by atoms with E-state index in [-0.39, 0.29) is 17.2 Å². The molecule has 0 unspecified atom stereocenters. The van der Waals surface area contributed by atoms with Crippen LogP contribution in [0.3, 0.4) is 0 Å². The predicted octanol–water partition coefficient (Wildman–Crippen LogP) is 2.36. The Labute approximate surface area is 173 Å². The molecule has 1 atom stereocenters. The number of carbonyl (C=O) groups is 2. The molecular weight excluding hydrogens is 406 g/mol. The van der Waals surface area contributed by atoms with E-state index in [4.69, 9.17) is 4.42 Å². The van der Waals surface area contributed by atoms with Crippen LogP contribution in [0.2, 0.25) is 0 Å². The molecule has 2 heterocycles. The number of nitrogens with one attached hydrogen (secondary N) is 2. The number of hydrazine groups is 1. The second-order valence-electron chi connectivity index (χ2n) is 7.08. The fraction of sp³-hybridized carbons (Fsp3) is 0.238. The number of benzene rings is 2. The van der Waals surface area contributed by atoms with E-state index < -0.39 is 27.9 Å². The Hall–Kier alpha value is -3.17. The quantitative estimate of drug-likeness (QED) is 0.622. The molecule has 2 aromatic carbocycles. The van der Waals surface area contributed by atoms with Crippen molar-refractivity contribution in [3.05, 3.63) is 65.9 Å². The molecule has 3 aromatic rings. The average molecular weight is 427 g/mol. The molecule has 4 rings (SSSR count). The van der Waals surface area contributed by atoms with Crippen molar-refractivity contribution in [1.29, 1.82) is 0 Å². The van der Waals surface area contributed by atoms with Gasteiger partial charge in [0.1, 0.15) is 11.6 Å². The van der Waals surface area contributed by atoms with Crippen LogP contribution in [-0.4, -0.2) is 37.1 Å². The Morgan fingerprint density at radius 1 is 1.03 bits per heavy atom. The summed E-state index contributed by atoms with van der Waals surface area (Å²) in [6.45, 7) is 2.00. The highest BCUT2D eigenvalue weighted by atomic mass is 32.2. The molecule has 0 aliphatic carbocycles. The normalized spacial score (nSPS) is 17.2. The van der Waals surface area contributed by atoms with E-state index in [2.05, 4.69) is 10.9 Å². The Bertz CT molecular complexity index is 1200. The number of hydrogen-bond donors (Lipinski definition) is 2. The molecule has 30 heavy (non-hydrogen) atoms. The molecule has 1 fully saturated rings. The Morgan fingerprint density at radius 3 is 2.47 bits per heavy atom. The van der Waals surface area contributed by atoms with Crippen LogP contribution in [0.15, 0.2) is 63.9 Å². The lowest BCUT2D eigenvalue weighted by atomic mass is 10.1. The van der Waals surface area contributed by atoms with E-state index in [1.807, 2.05) is 12.1 Å². The van der Waals surface area contributed by atoms with Gasteiger partial charge in [0.05, 0.1) is 4.90 Å². The van der Waals surface area contributed by atoms with Crippen molar-refractivity contribution < 1.29 is 22.4 Å². The zero-order valence-corrected chi connectivity index (χ0v) is 17.1. The fourth-order valence-corrected chi connectivity index (χ4v) is 5.34. The molecule has 0 radical (unpaired) electrons. The van der Waals surface area contributed by atoms with Gasteiger partial charge in [-0.25, -0.2) is 8.42 Å². The van der Waals surface area contributed by atoms with Crippen LogP contribution in [0.25, 0.3) is 11.0 Å². The van der Waals surface area contributed by atoms with Gasteiger partial charge in [-0.2, -0.15) is 4.31 Å². The lowest BCUT2D eigenvalue weighted by molar-refractivity contribution is -0.125. The largest absolute Gasteiger partial charge is 0.451 e. The highest BCUT2D eigenvalue weighted by Crippen LogP contribution is 2.26. The number of rotatable bonds is 4. The van der Waals surface area contributed by atoms with Gasteiger partial charge in [0, 0.05) is 17.5 Å². The first-order valence-corrected chi connectivity index (χ1v) is 11.0. The Kier molecular flexibility index (Phi) is 5.31. The van der Waals surface area contributed by atoms with Crippen molar-refractivity contribution in [2.24, 2.45) is 0 Å². The predicted molar refractivity (Wildman–Crippen MR) is 110 cm³/mol. The van der Waals surface area contributed by atoms with Crippen molar-refractivity contribution in [3.63, 3.8) is 0 Å². The summed E-state index contributed by atoms with van der Waals surface area (Å²) in [5, 5.41) is 0.810. The van der Waals surface area contributed by atoms with Crippen LogP contribution < -0.4 is 10.9 Å². The van der Waals surface area contributed by atoms with Crippen LogP contribution in [0.1, 0.15) is 29.0 Å². The second-order valence-corrected chi connectivity index (χ2v) is 8.97. The van der Waals surface area contributed by atoms with E-state index in [0.717, 1.165) is 5.39 Å². The number of aryl methyl sites for hydroxylation is 1. The first-order valence-electron chi connectivity index (χ1n) is 9.55. The third kappa shape index (κ3) is 3.57. The molecule has 0 saturated carbocycles. The number of fused-ring (bicyclic) bond motifs is 1. The number of hydrogen-bond acceptors (Lipinski definition) is 5. The SMILES string of the molecule is Cc1c(C(=O)NNC(=O)[C@H]2CCCN2S(=O)(=O)c2ccccc2)oc2ccccc12. The number of para-hydroxylation sites is 1. The summed E-state index contributed by atoms with van der Waals surface area (Å²) in [7, 11) is -3.81. The minimum absolute atomic E-state index is 0.0942. The molecule has 8 nitrogen and oxygen atoms in total. The van der Waals surface area contributed by atoms with Gasteiger partial charge in [0.25, 0.3) is 5.91 Å². The van der Waals surface area contributed by atoms with Crippen molar-refractivity contribution in [2.45, 2.75) is 30.7 Å². The van der Waals surface area contributed by atoms with Crippen LogP contribution in [0.5, 0.6) is 0 Å². The zero-order valence-electron chi connectivity index (χ0n) is 16.3. The summed E-state index contributed by atoms with van der Waals surface area (Å²) >= 11 is 0. The summed E-state index contributed by atoms with van der Waals surface area (Å²) in [5.41, 5.74) is 5.91. The molecule has 1 saturated heterocycles. The van der Waals surface area contributed by atoms with Crippen LogP contribution in [0, 0.1) is 6.92 Å². The smallest absolute Gasteiger partial charge is 0.305 e. The first-order chi connectivity index (χ1) is 14.4. The molecular formula is C21H21N3O5S. The van der Waals surface area contributed by atoms with E-state index in [1.54, 1.807) is 37.3 Å².